The van der Waals surface area contributed by atoms with E-state index in [1.165, 1.54) is 30.3 Å². The summed E-state index contributed by atoms with van der Waals surface area (Å²) in [5.74, 6) is -0.844. The molecule has 34 heavy (non-hydrogen) atoms. The second-order valence-electron chi connectivity index (χ2n) is 6.94. The van der Waals surface area contributed by atoms with Crippen molar-refractivity contribution in [2.45, 2.75) is 18.9 Å². The van der Waals surface area contributed by atoms with Crippen LogP contribution in [-0.2, 0) is 18.9 Å². The van der Waals surface area contributed by atoms with E-state index < -0.39 is 34.9 Å². The van der Waals surface area contributed by atoms with Gasteiger partial charge < -0.3 is 10.3 Å². The van der Waals surface area contributed by atoms with Crippen molar-refractivity contribution < 1.29 is 31.1 Å². The van der Waals surface area contributed by atoms with E-state index in [4.69, 9.17) is 0 Å². The van der Waals surface area contributed by atoms with Crippen LogP contribution in [0.3, 0.4) is 0 Å². The molecule has 0 aliphatic rings. The number of aromatic amines is 1. The number of anilines is 1. The molecule has 178 valence electrons. The number of carbonyl (C=O) groups excluding carboxylic acids is 1. The highest BCUT2D eigenvalue weighted by molar-refractivity contribution is 6.09. The molecule has 1 amide bonds. The molecule has 0 aliphatic carbocycles. The number of nitrogens with zero attached hydrogens (tertiary/aromatic N) is 1. The van der Waals surface area contributed by atoms with Gasteiger partial charge in [-0.25, -0.2) is 4.99 Å². The first kappa shape index (κ1) is 24.6. The second-order valence-corrected chi connectivity index (χ2v) is 6.94. The quantitative estimate of drug-likeness (QED) is 0.284. The van der Waals surface area contributed by atoms with Crippen LogP contribution in [0.2, 0.25) is 0 Å². The highest BCUT2D eigenvalue weighted by atomic mass is 19.4. The Morgan fingerprint density at radius 1 is 0.824 bits per heavy atom. The maximum absolute atomic E-state index is 12.7. The third-order valence-corrected chi connectivity index (χ3v) is 4.43. The van der Waals surface area contributed by atoms with Crippen LogP contribution in [0.5, 0.6) is 0 Å². The number of halogens is 6. The average molecular weight is 482 g/mol. The number of rotatable bonds is 4. The minimum atomic E-state index is -4.57. The molecule has 0 aliphatic heterocycles. The molecule has 0 radical (unpaired) electrons. The van der Waals surface area contributed by atoms with Crippen molar-refractivity contribution in [2.75, 3.05) is 5.32 Å². The molecule has 3 aromatic rings. The molecule has 0 unspecified atom stereocenters. The van der Waals surface area contributed by atoms with Crippen LogP contribution in [0, 0.1) is 0 Å². The molecule has 0 fully saturated rings. The summed E-state index contributed by atoms with van der Waals surface area (Å²) in [5, 5.41) is 5.05. The van der Waals surface area contributed by atoms with Gasteiger partial charge in [-0.2, -0.15) is 26.3 Å². The lowest BCUT2D eigenvalue weighted by molar-refractivity contribution is -0.138. The van der Waals surface area contributed by atoms with E-state index in [1.54, 1.807) is 0 Å². The zero-order chi connectivity index (χ0) is 24.9. The lowest BCUT2D eigenvalue weighted by atomic mass is 10.1. The fraction of sp³-hybridized carbons (Fsp3) is 0.136. The number of carbonyl (C=O) groups is 1. The predicted molar refractivity (Wildman–Crippen MR) is 112 cm³/mol. The summed E-state index contributed by atoms with van der Waals surface area (Å²) in [6.45, 7) is -0.148. The molecule has 1 heterocycles. The van der Waals surface area contributed by atoms with Gasteiger partial charge in [-0.05, 0) is 48.0 Å². The second kappa shape index (κ2) is 9.81. The number of guanidine groups is 1. The maximum atomic E-state index is 12.7. The monoisotopic (exact) mass is 482 g/mol. The molecular weight excluding hydrogens is 466 g/mol. The van der Waals surface area contributed by atoms with Crippen molar-refractivity contribution in [3.8, 4) is 0 Å². The number of amides is 1. The van der Waals surface area contributed by atoms with Gasteiger partial charge in [-0.3, -0.25) is 14.9 Å². The summed E-state index contributed by atoms with van der Waals surface area (Å²) >= 11 is 0. The van der Waals surface area contributed by atoms with Crippen LogP contribution >= 0.6 is 0 Å². The molecule has 3 N–H and O–H groups in total. The molecule has 0 atom stereocenters. The van der Waals surface area contributed by atoms with Gasteiger partial charge in [0.2, 0.25) is 11.5 Å². The number of hydrogen-bond donors (Lipinski definition) is 3. The van der Waals surface area contributed by atoms with Gasteiger partial charge in [0.15, 0.2) is 0 Å². The summed E-state index contributed by atoms with van der Waals surface area (Å²) in [5.41, 5.74) is -1.94. The summed E-state index contributed by atoms with van der Waals surface area (Å²) in [4.78, 5) is 30.6. The SMILES string of the molecule is O=C(NC(=NCc1ccc(C(F)(F)F)cc1)Nc1cccc(=O)[nH]1)c1ccc(C(F)(F)F)cc1. The van der Waals surface area contributed by atoms with E-state index >= 15 is 0 Å². The first-order chi connectivity index (χ1) is 15.9. The molecule has 0 spiro atoms. The number of nitrogens with one attached hydrogen (secondary N) is 3. The Morgan fingerprint density at radius 3 is 1.91 bits per heavy atom. The molecule has 12 heteroatoms. The van der Waals surface area contributed by atoms with Gasteiger partial charge in [0.1, 0.15) is 5.82 Å². The topological polar surface area (TPSA) is 86.3 Å². The molecule has 2 aromatic carbocycles. The Labute approximate surface area is 188 Å². The van der Waals surface area contributed by atoms with E-state index in [0.717, 1.165) is 36.4 Å². The van der Waals surface area contributed by atoms with Crippen LogP contribution in [-0.4, -0.2) is 16.9 Å². The number of aliphatic imine (C=N–C) groups is 1. The van der Waals surface area contributed by atoms with E-state index in [-0.39, 0.29) is 23.9 Å². The highest BCUT2D eigenvalue weighted by Crippen LogP contribution is 2.30. The number of H-pyrrole nitrogens is 1. The number of alkyl halides is 6. The van der Waals surface area contributed by atoms with Gasteiger partial charge in [0, 0.05) is 11.6 Å². The lowest BCUT2D eigenvalue weighted by Crippen LogP contribution is -2.36. The van der Waals surface area contributed by atoms with Crippen molar-refractivity contribution in [3.63, 3.8) is 0 Å². The average Bonchev–Trinajstić information content (AvgIpc) is 2.76. The van der Waals surface area contributed by atoms with E-state index in [2.05, 4.69) is 20.6 Å². The Hall–Kier alpha value is -4.09. The molecule has 6 nitrogen and oxygen atoms in total. The van der Waals surface area contributed by atoms with Crippen molar-refractivity contribution in [1.82, 2.24) is 10.3 Å². The molecule has 1 aromatic heterocycles. The fourth-order valence-corrected chi connectivity index (χ4v) is 2.72. The first-order valence-corrected chi connectivity index (χ1v) is 9.57. The third-order valence-electron chi connectivity index (χ3n) is 4.43. The van der Waals surface area contributed by atoms with E-state index in [0.29, 0.717) is 5.56 Å². The molecule has 3 rings (SSSR count). The standard InChI is InChI=1S/C22H16F6N4O2/c23-21(24,25)15-8-4-13(5-9-15)12-29-20(31-17-2-1-3-18(33)30-17)32-19(34)14-6-10-16(11-7-14)22(26,27)28/h1-11H,12H2,(H3,29,30,31,32,33,34). The van der Waals surface area contributed by atoms with Crippen LogP contribution in [0.1, 0.15) is 27.0 Å². The number of benzene rings is 2. The van der Waals surface area contributed by atoms with Crippen molar-refractivity contribution in [1.29, 1.82) is 0 Å². The molecule has 0 bridgehead atoms. The minimum absolute atomic E-state index is 0.0985. The summed E-state index contributed by atoms with van der Waals surface area (Å²) in [7, 11) is 0. The summed E-state index contributed by atoms with van der Waals surface area (Å²) < 4.78 is 76.4. The Balaban J connectivity index is 1.81. The number of pyridine rings is 1. The zero-order valence-corrected chi connectivity index (χ0v) is 17.1. The number of hydrogen-bond acceptors (Lipinski definition) is 3. The van der Waals surface area contributed by atoms with E-state index in [1.807, 2.05) is 0 Å². The molecule has 0 saturated carbocycles. The normalized spacial score (nSPS) is 12.4. The van der Waals surface area contributed by atoms with E-state index in [9.17, 15) is 35.9 Å². The molecular formula is C22H16F6N4O2. The van der Waals surface area contributed by atoms with Gasteiger partial charge in [-0.1, -0.05) is 18.2 Å². The van der Waals surface area contributed by atoms with Crippen LogP contribution in [0.4, 0.5) is 32.2 Å². The van der Waals surface area contributed by atoms with Gasteiger partial charge in [-0.15, -0.1) is 0 Å². The van der Waals surface area contributed by atoms with Crippen molar-refractivity contribution >= 4 is 17.7 Å². The summed E-state index contributed by atoms with van der Waals surface area (Å²) in [6, 6.07) is 11.8. The largest absolute Gasteiger partial charge is 0.416 e. The fourth-order valence-electron chi connectivity index (χ4n) is 2.72. The lowest BCUT2D eigenvalue weighted by Gasteiger charge is -2.13. The van der Waals surface area contributed by atoms with Gasteiger partial charge in [0.25, 0.3) is 5.91 Å². The van der Waals surface area contributed by atoms with Crippen LogP contribution in [0.25, 0.3) is 0 Å². The van der Waals surface area contributed by atoms with Gasteiger partial charge >= 0.3 is 12.4 Å². The van der Waals surface area contributed by atoms with Crippen LogP contribution < -0.4 is 16.2 Å². The Kier molecular flexibility index (Phi) is 7.08. The first-order valence-electron chi connectivity index (χ1n) is 9.57. The minimum Gasteiger partial charge on any atom is -0.312 e. The van der Waals surface area contributed by atoms with Crippen molar-refractivity contribution in [2.24, 2.45) is 4.99 Å². The molecule has 0 saturated heterocycles. The van der Waals surface area contributed by atoms with Crippen molar-refractivity contribution in [3.05, 3.63) is 99.3 Å². The maximum Gasteiger partial charge on any atom is 0.416 e. The smallest absolute Gasteiger partial charge is 0.312 e. The van der Waals surface area contributed by atoms with Gasteiger partial charge in [0.05, 0.1) is 17.7 Å². The Morgan fingerprint density at radius 2 is 1.38 bits per heavy atom. The zero-order valence-electron chi connectivity index (χ0n) is 17.1. The predicted octanol–water partition coefficient (Wildman–Crippen LogP) is 4.81. The Bertz CT molecular complexity index is 1230. The third kappa shape index (κ3) is 6.70. The number of aromatic nitrogens is 1. The summed E-state index contributed by atoms with van der Waals surface area (Å²) in [6.07, 6.45) is -9.06. The highest BCUT2D eigenvalue weighted by Gasteiger charge is 2.30. The van der Waals surface area contributed by atoms with Crippen LogP contribution in [0.15, 0.2) is 76.5 Å².